The normalized spacial score (nSPS) is 21.7. The van der Waals surface area contributed by atoms with Gasteiger partial charge in [-0.15, -0.1) is 0 Å². The van der Waals surface area contributed by atoms with Crippen molar-refractivity contribution in [3.63, 3.8) is 0 Å². The van der Waals surface area contributed by atoms with Gasteiger partial charge in [0, 0.05) is 14.7 Å². The monoisotopic (exact) mass is 1150 g/mol. The van der Waals surface area contributed by atoms with E-state index in [0.717, 1.165) is 0 Å². The number of rotatable bonds is 26. The van der Waals surface area contributed by atoms with Crippen LogP contribution in [-0.4, -0.2) is 116 Å². The van der Waals surface area contributed by atoms with Crippen molar-refractivity contribution in [1.82, 2.24) is 0 Å². The third-order valence-electron chi connectivity index (χ3n) is 10.5. The lowest BCUT2D eigenvalue weighted by atomic mass is 9.88. The number of phosphoric ester groups is 1. The Morgan fingerprint density at radius 1 is 0.577 bits per heavy atom. The van der Waals surface area contributed by atoms with Crippen LogP contribution < -0.4 is 0 Å². The topological polar surface area (TPSA) is 102 Å². The van der Waals surface area contributed by atoms with Gasteiger partial charge in [-0.25, -0.2) is 4.57 Å². The fourth-order valence-electron chi connectivity index (χ4n) is 6.20. The lowest BCUT2D eigenvalue weighted by Gasteiger charge is -2.44. The molecule has 3 aromatic carbocycles. The van der Waals surface area contributed by atoms with Gasteiger partial charge in [0.25, 0.3) is 0 Å². The van der Waals surface area contributed by atoms with Crippen molar-refractivity contribution in [2.45, 2.75) is 129 Å². The third-order valence-corrected chi connectivity index (χ3v) is 14.4. The predicted molar refractivity (Wildman–Crippen MR) is 223 cm³/mol. The number of aliphatic hydroxyl groups excluding tert-OH is 1. The summed E-state index contributed by atoms with van der Waals surface area (Å²) in [6.45, 7) is 1.27. The van der Waals surface area contributed by atoms with Gasteiger partial charge in [0.15, 0.2) is 6.29 Å². The van der Waals surface area contributed by atoms with Crippen LogP contribution in [0, 0.1) is 0 Å². The number of ether oxygens (including phenoxy) is 4. The number of hydrogen-bond acceptors (Lipinski definition) is 9. The number of halogens is 18. The first-order valence-electron chi connectivity index (χ1n) is 20.7. The zero-order chi connectivity index (χ0) is 53.7. The summed E-state index contributed by atoms with van der Waals surface area (Å²) in [5.74, 6) is -58.3. The molecule has 0 amide bonds. The third kappa shape index (κ3) is 13.5. The maximum atomic E-state index is 15.3. The molecule has 0 aromatic heterocycles. The molecule has 1 N–H and O–H groups in total. The summed E-state index contributed by atoms with van der Waals surface area (Å²) in [5.41, 5.74) is 1.26. The van der Waals surface area contributed by atoms with Gasteiger partial charge in [-0.2, -0.15) is 74.6 Å². The second-order valence-electron chi connectivity index (χ2n) is 17.1. The van der Waals surface area contributed by atoms with Crippen LogP contribution in [0.25, 0.3) is 0 Å². The highest BCUT2D eigenvalue weighted by molar-refractivity contribution is 9.09. The Morgan fingerprint density at radius 3 is 1.42 bits per heavy atom. The number of phosphoric acid groups is 1. The van der Waals surface area contributed by atoms with Crippen molar-refractivity contribution >= 4 is 31.8 Å². The molecule has 29 heteroatoms. The molecule has 4 rings (SSSR count). The standard InChI is InChI=1S/C42H45BrF17O9PSi/c1-71(2,3)20-19-63-34-33(65-22-27-15-9-5-10-16-27)31(61)32(64-21-26-13-7-4-8-14-26)29(69-34)24-67-70(62,66-23-28-17-11-6-12-18-28)68-25-30(43)35(44,45)36(46,47)37(48,49)38(50,51)39(52,53)40(54,55)41(56,57)42(58,59)60/h4-18,29-34,61H,19-25H2,1-3H3/t29-,30?,31+,32+,33-,34-,70?/m1/s1. The fourth-order valence-corrected chi connectivity index (χ4v) is 8.75. The van der Waals surface area contributed by atoms with E-state index < -0.39 is 119 Å². The molecule has 402 valence electrons. The highest BCUT2D eigenvalue weighted by Gasteiger charge is 2.95. The number of aliphatic hydroxyl groups is 1. The van der Waals surface area contributed by atoms with E-state index >= 15 is 8.78 Å². The molecule has 0 aliphatic carbocycles. The molecule has 1 saturated heterocycles. The Kier molecular flexibility index (Phi) is 19.6. The summed E-state index contributed by atoms with van der Waals surface area (Å²) in [6, 6.07) is 24.1. The van der Waals surface area contributed by atoms with Crippen molar-refractivity contribution in [1.29, 1.82) is 0 Å². The minimum absolute atomic E-state index is 0.0276. The summed E-state index contributed by atoms with van der Waals surface area (Å²) in [6.07, 6.45) is -15.7. The van der Waals surface area contributed by atoms with E-state index in [1.165, 1.54) is 30.3 Å². The van der Waals surface area contributed by atoms with Crippen molar-refractivity contribution in [2.75, 3.05) is 19.8 Å². The molecule has 3 aromatic rings. The van der Waals surface area contributed by atoms with Crippen LogP contribution in [0.4, 0.5) is 74.6 Å². The lowest BCUT2D eigenvalue weighted by Crippen LogP contribution is -2.75. The summed E-state index contributed by atoms with van der Waals surface area (Å²) < 4.78 is 292. The van der Waals surface area contributed by atoms with Crippen LogP contribution in [0.5, 0.6) is 0 Å². The maximum Gasteiger partial charge on any atom is 0.475 e. The summed E-state index contributed by atoms with van der Waals surface area (Å²) in [4.78, 5) is -3.95. The van der Waals surface area contributed by atoms with Gasteiger partial charge >= 0.3 is 55.5 Å². The maximum absolute atomic E-state index is 15.3. The van der Waals surface area contributed by atoms with Gasteiger partial charge < -0.3 is 24.1 Å². The molecule has 1 fully saturated rings. The van der Waals surface area contributed by atoms with E-state index in [9.17, 15) is 75.5 Å². The van der Waals surface area contributed by atoms with Crippen molar-refractivity contribution < 1.29 is 117 Å². The van der Waals surface area contributed by atoms with E-state index in [1.54, 1.807) is 76.6 Å². The highest BCUT2D eigenvalue weighted by Crippen LogP contribution is 2.65. The quantitative estimate of drug-likeness (QED) is 0.0364. The van der Waals surface area contributed by atoms with E-state index in [0.29, 0.717) is 17.2 Å². The van der Waals surface area contributed by atoms with Gasteiger partial charge in [0.05, 0.1) is 33.0 Å². The summed E-state index contributed by atoms with van der Waals surface area (Å²) in [7, 11) is -7.49. The lowest BCUT2D eigenvalue weighted by molar-refractivity contribution is -0.461. The molecule has 0 saturated carbocycles. The predicted octanol–water partition coefficient (Wildman–Crippen LogP) is 12.7. The van der Waals surface area contributed by atoms with Crippen LogP contribution in [0.15, 0.2) is 91.0 Å². The first-order valence-corrected chi connectivity index (χ1v) is 26.7. The van der Waals surface area contributed by atoms with Crippen LogP contribution in [0.3, 0.4) is 0 Å². The zero-order valence-electron chi connectivity index (χ0n) is 37.0. The van der Waals surface area contributed by atoms with Crippen LogP contribution >= 0.6 is 23.8 Å². The van der Waals surface area contributed by atoms with Gasteiger partial charge in [0.1, 0.15) is 29.2 Å². The van der Waals surface area contributed by atoms with Crippen molar-refractivity contribution in [3.05, 3.63) is 108 Å². The molecule has 1 aliphatic rings. The van der Waals surface area contributed by atoms with E-state index in [-0.39, 0.29) is 25.4 Å². The number of benzene rings is 3. The molecule has 1 heterocycles. The first-order chi connectivity index (χ1) is 32.5. The molecular formula is C42H45BrF17O9PSi. The molecule has 0 spiro atoms. The van der Waals surface area contributed by atoms with Crippen molar-refractivity contribution in [3.8, 4) is 0 Å². The number of alkyl halides is 18. The molecule has 1 aliphatic heterocycles. The zero-order valence-corrected chi connectivity index (χ0v) is 40.5. The Balaban J connectivity index is 1.67. The Labute approximate surface area is 403 Å². The van der Waals surface area contributed by atoms with Gasteiger partial charge in [-0.1, -0.05) is 127 Å². The minimum atomic E-state index is -8.83. The van der Waals surface area contributed by atoms with Gasteiger partial charge in [-0.05, 0) is 22.7 Å². The summed E-state index contributed by atoms with van der Waals surface area (Å²) >= 11 is 1.69. The number of hydrogen-bond donors (Lipinski definition) is 1. The molecule has 0 bridgehead atoms. The molecule has 7 atom stereocenters. The van der Waals surface area contributed by atoms with E-state index in [4.69, 9.17) is 32.5 Å². The Morgan fingerprint density at radius 2 is 0.986 bits per heavy atom. The molecular weight excluding hydrogens is 1110 g/mol. The van der Waals surface area contributed by atoms with E-state index in [1.807, 2.05) is 19.6 Å². The second-order valence-corrected chi connectivity index (χ2v) is 25.5. The average Bonchev–Trinajstić information content (AvgIpc) is 3.28. The fraction of sp³-hybridized carbons (Fsp3) is 0.571. The Bertz CT molecular complexity index is 2180. The average molecular weight is 1160 g/mol. The van der Waals surface area contributed by atoms with Crippen LogP contribution in [0.2, 0.25) is 25.7 Å². The Hall–Kier alpha value is -2.92. The minimum Gasteiger partial charge on any atom is -0.387 e. The van der Waals surface area contributed by atoms with Crippen LogP contribution in [0.1, 0.15) is 16.7 Å². The van der Waals surface area contributed by atoms with Gasteiger partial charge in [-0.3, -0.25) is 13.6 Å². The van der Waals surface area contributed by atoms with E-state index in [2.05, 4.69) is 0 Å². The molecule has 0 radical (unpaired) electrons. The highest BCUT2D eigenvalue weighted by atomic mass is 79.9. The smallest absolute Gasteiger partial charge is 0.387 e. The SMILES string of the molecule is C[Si](C)(C)CCO[C@@H]1O[C@H](COP(=O)(OCc2ccccc2)OCC(Br)C(F)(F)C(F)(F)C(F)(F)C(F)(F)C(F)(F)C(F)(F)C(F)(F)C(F)(F)F)[C@H](OCc2ccccc2)[C@H](O)[C@H]1OCc1ccccc1. The van der Waals surface area contributed by atoms with Gasteiger partial charge in [0.2, 0.25) is 0 Å². The molecule has 71 heavy (non-hydrogen) atoms. The van der Waals surface area contributed by atoms with Crippen molar-refractivity contribution in [2.24, 2.45) is 0 Å². The first kappa shape index (κ1) is 60.6. The summed E-state index contributed by atoms with van der Waals surface area (Å²) in [5, 5.41) is 11.9. The molecule has 9 nitrogen and oxygen atoms in total. The molecule has 2 unspecified atom stereocenters. The second kappa shape index (κ2) is 22.9. The van der Waals surface area contributed by atoms with Crippen LogP contribution in [-0.2, 0) is 56.9 Å². The largest absolute Gasteiger partial charge is 0.475 e.